The smallest absolute Gasteiger partial charge is 0.200 e. The van der Waals surface area contributed by atoms with Crippen LogP contribution in [0.3, 0.4) is 0 Å². The molecule has 2 unspecified atom stereocenters. The maximum absolute atomic E-state index is 14.2. The average Bonchev–Trinajstić information content (AvgIpc) is 2.97. The molecule has 0 aromatic rings. The van der Waals surface area contributed by atoms with Gasteiger partial charge < -0.3 is 0 Å². The molecule has 0 aliphatic heterocycles. The quantitative estimate of drug-likeness (QED) is 0.0687. The Hall–Kier alpha value is -0.920. The molecule has 36 heteroatoms. The van der Waals surface area contributed by atoms with Crippen LogP contribution in [-0.2, 0) is 0 Å². The fourth-order valence-electron chi connectivity index (χ4n) is 3.77. The predicted octanol–water partition coefficient (Wildman–Crippen LogP) is 14.2. The van der Waals surface area contributed by atoms with Gasteiger partial charge in [0.05, 0.1) is 0 Å². The molecule has 0 spiro atoms. The highest BCUT2D eigenvalue weighted by Gasteiger charge is 2.97. The van der Waals surface area contributed by atoms with Crippen molar-refractivity contribution in [2.45, 2.75) is 129 Å². The first kappa shape index (κ1) is 57.1. The second kappa shape index (κ2) is 15.4. The molecule has 0 saturated carbocycles. The van der Waals surface area contributed by atoms with Crippen LogP contribution in [0.2, 0.25) is 0 Å². The molecule has 0 bridgehead atoms. The van der Waals surface area contributed by atoms with Gasteiger partial charge in [-0.1, -0.05) is 45.2 Å². The second-order valence-corrected chi connectivity index (χ2v) is 15.0. The highest BCUT2D eigenvalue weighted by Crippen LogP contribution is 2.66. The number of hydrogen-bond donors (Lipinski definition) is 0. The molecule has 0 aliphatic rings. The number of halogens is 36. The van der Waals surface area contributed by atoms with Crippen LogP contribution >= 0.6 is 45.2 Å². The summed E-state index contributed by atoms with van der Waals surface area (Å²) < 4.78 is 450. The van der Waals surface area contributed by atoms with E-state index in [9.17, 15) is 149 Å². The van der Waals surface area contributed by atoms with Crippen LogP contribution in [0, 0.1) is 0 Å². The molecule has 0 radical (unpaired) electrons. The Morgan fingerprint density at radius 2 is 0.362 bits per heavy atom. The molecule has 0 saturated heterocycles. The van der Waals surface area contributed by atoms with Crippen LogP contribution in [0.15, 0.2) is 0 Å². The molecule has 0 amide bonds. The molecule has 0 aliphatic carbocycles. The maximum Gasteiger partial charge on any atom is 0.460 e. The molecule has 350 valence electrons. The van der Waals surface area contributed by atoms with Crippen molar-refractivity contribution in [3.8, 4) is 0 Å². The minimum absolute atomic E-state index is 0.250. The van der Waals surface area contributed by atoms with Crippen LogP contribution in [-0.4, -0.2) is 103 Å². The minimum atomic E-state index is -9.01. The van der Waals surface area contributed by atoms with Gasteiger partial charge in [-0.3, -0.25) is 0 Å². The van der Waals surface area contributed by atoms with Gasteiger partial charge in [0.1, 0.15) is 0 Å². The van der Waals surface area contributed by atoms with E-state index in [-0.39, 0.29) is 45.2 Å². The number of rotatable bonds is 19. The first-order valence-corrected chi connectivity index (χ1v) is 15.7. The zero-order valence-corrected chi connectivity index (χ0v) is 29.9. The van der Waals surface area contributed by atoms with E-state index in [4.69, 9.17) is 0 Å². The maximum atomic E-state index is 14.2. The van der Waals surface area contributed by atoms with Crippen LogP contribution in [0.4, 0.5) is 149 Å². The topological polar surface area (TPSA) is 0 Å². The van der Waals surface area contributed by atoms with Gasteiger partial charge in [-0.05, 0) is 12.8 Å². The van der Waals surface area contributed by atoms with Crippen molar-refractivity contribution in [3.63, 3.8) is 0 Å². The molecule has 0 fully saturated rings. The Morgan fingerprint density at radius 3 is 0.517 bits per heavy atom. The molecular weight excluding hydrogens is 1160 g/mol. The van der Waals surface area contributed by atoms with Crippen LogP contribution in [0.1, 0.15) is 25.7 Å². The minimum Gasteiger partial charge on any atom is -0.200 e. The highest BCUT2D eigenvalue weighted by molar-refractivity contribution is 14.1. The van der Waals surface area contributed by atoms with Crippen LogP contribution in [0.5, 0.6) is 0 Å². The monoisotopic (exact) mass is 1170 g/mol. The van der Waals surface area contributed by atoms with Gasteiger partial charge in [-0.2, -0.15) is 149 Å². The van der Waals surface area contributed by atoms with E-state index in [1.165, 1.54) is 0 Å². The predicted molar refractivity (Wildman–Crippen MR) is 135 cm³/mol. The summed E-state index contributed by atoms with van der Waals surface area (Å²) in [6.07, 6.45) is -26.2. The second-order valence-electron chi connectivity index (χ2n) is 11.5. The third-order valence-electron chi connectivity index (χ3n) is 7.32. The van der Waals surface area contributed by atoms with E-state index < -0.39 is 129 Å². The van der Waals surface area contributed by atoms with Crippen LogP contribution in [0.25, 0.3) is 0 Å². The zero-order chi connectivity index (χ0) is 48.0. The molecule has 0 heterocycles. The molecule has 0 N–H and O–H groups in total. The fourth-order valence-corrected chi connectivity index (χ4v) is 5.60. The highest BCUT2D eigenvalue weighted by atomic mass is 127. The third kappa shape index (κ3) is 8.21. The van der Waals surface area contributed by atoms with Crippen molar-refractivity contribution in [2.75, 3.05) is 0 Å². The van der Waals surface area contributed by atoms with E-state index in [0.717, 1.165) is 0 Å². The van der Waals surface area contributed by atoms with Gasteiger partial charge in [-0.25, -0.2) is 0 Å². The van der Waals surface area contributed by atoms with Crippen molar-refractivity contribution >= 4 is 45.2 Å². The van der Waals surface area contributed by atoms with Gasteiger partial charge in [0.2, 0.25) is 0 Å². The van der Waals surface area contributed by atoms with Crippen LogP contribution < -0.4 is 0 Å². The molecule has 0 aromatic heterocycles. The standard InChI is InChI=1S/C22H10F34I2/c23-7(24,9(27,28)11(31,32)13(35,36)15(39,40)17(43,44)19(47,48)21(51,52)53)3-5(57)1-2-6(58)4-8(25,26)10(29,30)12(33,34)14(37,38)16(41,42)18(45,46)20(49,50)22(54,55)56/h5-6H,1-4H2. The van der Waals surface area contributed by atoms with Gasteiger partial charge in [0.25, 0.3) is 0 Å². The molecule has 0 nitrogen and oxygen atoms in total. The molecule has 58 heavy (non-hydrogen) atoms. The van der Waals surface area contributed by atoms with Crippen molar-refractivity contribution in [2.24, 2.45) is 0 Å². The first-order valence-electron chi connectivity index (χ1n) is 13.2. The lowest BCUT2D eigenvalue weighted by Crippen LogP contribution is -2.74. The number of alkyl halides is 36. The molecule has 0 rings (SSSR count). The summed E-state index contributed by atoms with van der Waals surface area (Å²) in [6, 6.07) is 0. The summed E-state index contributed by atoms with van der Waals surface area (Å²) in [6.45, 7) is 0. The summed E-state index contributed by atoms with van der Waals surface area (Å²) in [5.41, 5.74) is 0. The summed E-state index contributed by atoms with van der Waals surface area (Å²) >= 11 is 0.500. The normalized spacial score (nSPS) is 17.8. The van der Waals surface area contributed by atoms with Gasteiger partial charge in [0, 0.05) is 20.7 Å². The van der Waals surface area contributed by atoms with E-state index in [1.54, 1.807) is 0 Å². The van der Waals surface area contributed by atoms with E-state index >= 15 is 0 Å². The Labute approximate surface area is 323 Å². The lowest BCUT2D eigenvalue weighted by atomic mass is 9.87. The SMILES string of the molecule is FC(F)(F)C(F)(F)C(F)(F)C(F)(F)C(F)(F)C(F)(F)C(F)(F)C(F)(F)CC(I)CCC(I)CC(F)(F)C(F)(F)C(F)(F)C(F)(F)C(F)(F)C(F)(F)C(F)(F)C(F)(F)F. The first-order chi connectivity index (χ1) is 24.5. The Balaban J connectivity index is 6.44. The molecule has 0 aromatic carbocycles. The van der Waals surface area contributed by atoms with Crippen molar-refractivity contribution in [1.82, 2.24) is 0 Å². The Morgan fingerprint density at radius 1 is 0.224 bits per heavy atom. The van der Waals surface area contributed by atoms with E-state index in [2.05, 4.69) is 0 Å². The molecular formula is C22H10F34I2. The fraction of sp³-hybridized carbons (Fsp3) is 1.00. The Bertz CT molecular complexity index is 1310. The van der Waals surface area contributed by atoms with Gasteiger partial charge in [-0.15, -0.1) is 0 Å². The lowest BCUT2D eigenvalue weighted by molar-refractivity contribution is -0.461. The summed E-state index contributed by atoms with van der Waals surface area (Å²) in [4.78, 5) is 0. The zero-order valence-electron chi connectivity index (χ0n) is 25.6. The summed E-state index contributed by atoms with van der Waals surface area (Å²) in [5.74, 6) is -119. The largest absolute Gasteiger partial charge is 0.460 e. The van der Waals surface area contributed by atoms with Crippen molar-refractivity contribution in [3.05, 3.63) is 0 Å². The number of hydrogen-bond acceptors (Lipinski definition) is 0. The van der Waals surface area contributed by atoms with Gasteiger partial charge in [0.15, 0.2) is 0 Å². The summed E-state index contributed by atoms with van der Waals surface area (Å²) in [7, 11) is 0. The summed E-state index contributed by atoms with van der Waals surface area (Å²) in [5, 5.41) is 0. The van der Waals surface area contributed by atoms with E-state index in [0.29, 0.717) is 0 Å². The van der Waals surface area contributed by atoms with E-state index in [1.807, 2.05) is 0 Å². The van der Waals surface area contributed by atoms with Crippen molar-refractivity contribution in [1.29, 1.82) is 0 Å². The molecule has 2 atom stereocenters. The van der Waals surface area contributed by atoms with Gasteiger partial charge >= 0.3 is 95.3 Å². The third-order valence-corrected chi connectivity index (χ3v) is 9.45. The lowest BCUT2D eigenvalue weighted by Gasteiger charge is -2.43. The van der Waals surface area contributed by atoms with Crippen molar-refractivity contribution < 1.29 is 149 Å². The Kier molecular flexibility index (Phi) is 15.2. The average molecular weight is 1170 g/mol.